The Bertz CT molecular complexity index is 1290. The van der Waals surface area contributed by atoms with Gasteiger partial charge in [0, 0.05) is 28.8 Å². The van der Waals surface area contributed by atoms with Crippen LogP contribution in [0.2, 0.25) is 0 Å². The number of rotatable bonds is 8. The van der Waals surface area contributed by atoms with E-state index < -0.39 is 29.7 Å². The quantitative estimate of drug-likeness (QED) is 0.390. The maximum absolute atomic E-state index is 14.3. The van der Waals surface area contributed by atoms with E-state index in [9.17, 15) is 14.4 Å². The smallest absolute Gasteiger partial charge is 0.336 e. The van der Waals surface area contributed by atoms with Crippen LogP contribution in [-0.2, 0) is 30.3 Å². The zero-order valence-electron chi connectivity index (χ0n) is 22.6. The van der Waals surface area contributed by atoms with Crippen molar-refractivity contribution in [3.05, 3.63) is 87.8 Å². The van der Waals surface area contributed by atoms with Gasteiger partial charge in [-0.15, -0.1) is 0 Å². The predicted octanol–water partition coefficient (Wildman–Crippen LogP) is 4.97. The number of hydrogen-bond acceptors (Lipinski definition) is 7. The summed E-state index contributed by atoms with van der Waals surface area (Å²) in [7, 11) is 1.58. The van der Waals surface area contributed by atoms with Crippen LogP contribution < -0.4 is 10.1 Å². The van der Waals surface area contributed by atoms with Crippen LogP contribution in [0.15, 0.2) is 71.1 Å². The predicted molar refractivity (Wildman–Crippen MR) is 144 cm³/mol. The number of aryl methyl sites for hydroxylation is 1. The number of hydrogen-bond donors (Lipinski definition) is 1. The molecule has 200 valence electrons. The van der Waals surface area contributed by atoms with Crippen LogP contribution in [0.4, 0.5) is 0 Å². The highest BCUT2D eigenvalue weighted by atomic mass is 16.5. The van der Waals surface area contributed by atoms with Crippen LogP contribution in [0.25, 0.3) is 0 Å². The van der Waals surface area contributed by atoms with Crippen LogP contribution >= 0.6 is 0 Å². The summed E-state index contributed by atoms with van der Waals surface area (Å²) in [5.74, 6) is -2.92. The molecule has 0 spiro atoms. The molecule has 0 unspecified atom stereocenters. The van der Waals surface area contributed by atoms with Gasteiger partial charge in [0.05, 0.1) is 25.9 Å². The van der Waals surface area contributed by atoms with Crippen LogP contribution in [0.3, 0.4) is 0 Å². The largest absolute Gasteiger partial charge is 0.497 e. The molecule has 2 aromatic rings. The Hall–Kier alpha value is -3.87. The van der Waals surface area contributed by atoms with E-state index in [0.29, 0.717) is 34.7 Å². The molecular weight excluding hydrogens is 482 g/mol. The molecule has 38 heavy (non-hydrogen) atoms. The van der Waals surface area contributed by atoms with Crippen molar-refractivity contribution in [3.63, 3.8) is 0 Å². The fraction of sp³-hybridized carbons (Fsp3) is 0.387. The molecule has 1 N–H and O–H groups in total. The zero-order valence-corrected chi connectivity index (χ0v) is 22.6. The lowest BCUT2D eigenvalue weighted by molar-refractivity contribution is -0.152. The third-order valence-corrected chi connectivity index (χ3v) is 7.30. The average Bonchev–Trinajstić information content (AvgIpc) is 2.92. The Morgan fingerprint density at radius 1 is 0.974 bits per heavy atom. The first-order chi connectivity index (χ1) is 18.3. The summed E-state index contributed by atoms with van der Waals surface area (Å²) >= 11 is 0. The molecule has 1 aliphatic heterocycles. The number of allylic oxidation sites excluding steroid dienone is 3. The first-order valence-electron chi connectivity index (χ1n) is 13.2. The van der Waals surface area contributed by atoms with E-state index >= 15 is 0 Å². The van der Waals surface area contributed by atoms with Gasteiger partial charge in [0.25, 0.3) is 0 Å². The number of carbonyl (C=O) groups is 3. The minimum atomic E-state index is -1.05. The van der Waals surface area contributed by atoms with E-state index in [-0.39, 0.29) is 19.0 Å². The van der Waals surface area contributed by atoms with Crippen molar-refractivity contribution in [2.45, 2.75) is 52.4 Å². The average molecular weight is 518 g/mol. The molecule has 0 fully saturated rings. The van der Waals surface area contributed by atoms with Crippen molar-refractivity contribution in [3.8, 4) is 5.75 Å². The molecule has 2 aromatic carbocycles. The molecule has 7 heteroatoms. The number of Topliss-reactive ketones (excluding diaryl/α,β-unsaturated/α-hetero) is 1. The molecule has 0 amide bonds. The molecule has 0 saturated carbocycles. The Kier molecular flexibility index (Phi) is 8.35. The second-order valence-corrected chi connectivity index (χ2v) is 9.49. The van der Waals surface area contributed by atoms with Gasteiger partial charge in [-0.2, -0.15) is 0 Å². The SMILES string of the molecule is CCOC(=O)C1=C(C)NC2=C(C(=O)[C@@H](C(=O)OCC)[C@H](c3cccc(OC)c3)C2)[C@H]1c1ccc(CC)cc1. The zero-order chi connectivity index (χ0) is 27.4. The number of ether oxygens (including phenoxy) is 3. The second kappa shape index (κ2) is 11.7. The lowest BCUT2D eigenvalue weighted by atomic mass is 9.67. The molecule has 1 aliphatic carbocycles. The second-order valence-electron chi connectivity index (χ2n) is 9.49. The van der Waals surface area contributed by atoms with Crippen molar-refractivity contribution in [1.82, 2.24) is 5.32 Å². The van der Waals surface area contributed by atoms with Gasteiger partial charge < -0.3 is 19.5 Å². The molecule has 7 nitrogen and oxygen atoms in total. The van der Waals surface area contributed by atoms with Gasteiger partial charge in [-0.05, 0) is 62.4 Å². The topological polar surface area (TPSA) is 90.9 Å². The Balaban J connectivity index is 1.89. The fourth-order valence-corrected chi connectivity index (χ4v) is 5.48. The van der Waals surface area contributed by atoms with Crippen LogP contribution in [0, 0.1) is 5.92 Å². The van der Waals surface area contributed by atoms with Gasteiger partial charge in [0.15, 0.2) is 5.78 Å². The standard InChI is InChI=1S/C31H35NO6/c1-6-19-12-14-20(15-13-19)26-25(30(34)37-7-2)18(4)32-24-17-23(21-10-9-11-22(16-21)36-5)27(29(33)28(24)26)31(35)38-8-3/h9-16,23,26-27,32H,6-8,17H2,1-5H3/t23-,26-,27-/m0/s1. The number of esters is 2. The van der Waals surface area contributed by atoms with E-state index in [0.717, 1.165) is 23.1 Å². The van der Waals surface area contributed by atoms with Gasteiger partial charge >= 0.3 is 11.9 Å². The van der Waals surface area contributed by atoms with Crippen molar-refractivity contribution in [2.24, 2.45) is 5.92 Å². The van der Waals surface area contributed by atoms with Crippen molar-refractivity contribution in [1.29, 1.82) is 0 Å². The highest BCUT2D eigenvalue weighted by molar-refractivity contribution is 6.13. The number of dihydropyridines is 1. The summed E-state index contributed by atoms with van der Waals surface area (Å²) in [6.45, 7) is 7.74. The van der Waals surface area contributed by atoms with Crippen LogP contribution in [0.5, 0.6) is 5.75 Å². The highest BCUT2D eigenvalue weighted by Gasteiger charge is 2.49. The number of ketones is 1. The van der Waals surface area contributed by atoms with Gasteiger partial charge in [-0.3, -0.25) is 9.59 Å². The molecule has 0 bridgehead atoms. The van der Waals surface area contributed by atoms with Crippen LogP contribution in [-0.4, -0.2) is 38.0 Å². The summed E-state index contributed by atoms with van der Waals surface area (Å²) in [6.07, 6.45) is 1.26. The Morgan fingerprint density at radius 3 is 2.32 bits per heavy atom. The third-order valence-electron chi connectivity index (χ3n) is 7.30. The summed E-state index contributed by atoms with van der Waals surface area (Å²) in [4.78, 5) is 40.9. The minimum Gasteiger partial charge on any atom is -0.497 e. The van der Waals surface area contributed by atoms with Gasteiger partial charge in [0.2, 0.25) is 0 Å². The number of nitrogens with one attached hydrogen (secondary N) is 1. The van der Waals surface area contributed by atoms with Crippen molar-refractivity contribution in [2.75, 3.05) is 20.3 Å². The van der Waals surface area contributed by atoms with Gasteiger partial charge in [0.1, 0.15) is 11.7 Å². The first-order valence-corrected chi connectivity index (χ1v) is 13.2. The van der Waals surface area contributed by atoms with Crippen LogP contribution in [0.1, 0.15) is 62.6 Å². The summed E-state index contributed by atoms with van der Waals surface area (Å²) < 4.78 is 16.2. The molecular formula is C31H35NO6. The molecule has 3 atom stereocenters. The molecule has 2 aliphatic rings. The molecule has 0 aromatic heterocycles. The van der Waals surface area contributed by atoms with Crippen molar-refractivity contribution >= 4 is 17.7 Å². The van der Waals surface area contributed by atoms with Gasteiger partial charge in [-0.25, -0.2) is 4.79 Å². The number of benzene rings is 2. The Labute approximate surface area is 223 Å². The number of methoxy groups -OCH3 is 1. The van der Waals surface area contributed by atoms with Crippen molar-refractivity contribution < 1.29 is 28.6 Å². The monoisotopic (exact) mass is 517 g/mol. The molecule has 0 saturated heterocycles. The fourth-order valence-electron chi connectivity index (χ4n) is 5.48. The normalized spacial score (nSPS) is 21.0. The Morgan fingerprint density at radius 2 is 1.68 bits per heavy atom. The lowest BCUT2D eigenvalue weighted by Gasteiger charge is -2.39. The third kappa shape index (κ3) is 5.10. The molecule has 1 heterocycles. The maximum Gasteiger partial charge on any atom is 0.336 e. The highest BCUT2D eigenvalue weighted by Crippen LogP contribution is 2.48. The first kappa shape index (κ1) is 27.2. The van der Waals surface area contributed by atoms with E-state index in [2.05, 4.69) is 12.2 Å². The number of carbonyl (C=O) groups excluding carboxylic acids is 3. The maximum atomic E-state index is 14.3. The molecule has 0 radical (unpaired) electrons. The van der Waals surface area contributed by atoms with E-state index in [1.54, 1.807) is 21.0 Å². The van der Waals surface area contributed by atoms with E-state index in [1.165, 1.54) is 0 Å². The molecule has 4 rings (SSSR count). The summed E-state index contributed by atoms with van der Waals surface area (Å²) in [6, 6.07) is 15.3. The van der Waals surface area contributed by atoms with E-state index in [1.807, 2.05) is 55.5 Å². The minimum absolute atomic E-state index is 0.159. The summed E-state index contributed by atoms with van der Waals surface area (Å²) in [5.41, 5.74) is 4.90. The lowest BCUT2D eigenvalue weighted by Crippen LogP contribution is -2.43. The summed E-state index contributed by atoms with van der Waals surface area (Å²) in [5, 5.41) is 3.33. The van der Waals surface area contributed by atoms with E-state index in [4.69, 9.17) is 14.2 Å². The van der Waals surface area contributed by atoms with Gasteiger partial charge in [-0.1, -0.05) is 43.3 Å².